The summed E-state index contributed by atoms with van der Waals surface area (Å²) in [6.45, 7) is 0. The van der Waals surface area contributed by atoms with Crippen molar-refractivity contribution in [3.8, 4) is 89.9 Å². The third kappa shape index (κ3) is 9.50. The van der Waals surface area contributed by atoms with Crippen LogP contribution in [0.3, 0.4) is 0 Å². The van der Waals surface area contributed by atoms with Crippen LogP contribution in [0.4, 0.5) is 0 Å². The van der Waals surface area contributed by atoms with Crippen LogP contribution in [0.25, 0.3) is 123 Å². The topological polar surface area (TPSA) is 77.6 Å². The van der Waals surface area contributed by atoms with Gasteiger partial charge in [0.1, 0.15) is 0 Å². The molecule has 0 aliphatic heterocycles. The predicted molar refractivity (Wildman–Crippen MR) is 288 cm³/mol. The molecule has 0 spiro atoms. The number of pyridine rings is 3. The average Bonchev–Trinajstić information content (AvgIpc) is 3.84. The third-order valence-electron chi connectivity index (χ3n) is 12.5. The molecule has 5 aromatic heterocycles. The number of furan rings is 1. The maximum Gasteiger partial charge on any atom is 0.216 e. The second-order valence-corrected chi connectivity index (χ2v) is 17.1. The first kappa shape index (κ1) is 45.4. The fourth-order valence-corrected chi connectivity index (χ4v) is 8.86. The molecular formula is C65H41IrN5O-2. The fraction of sp³-hybridized carbons (Fsp3) is 0. The fourth-order valence-electron chi connectivity index (χ4n) is 8.86. The van der Waals surface area contributed by atoms with Crippen LogP contribution < -0.4 is 0 Å². The van der Waals surface area contributed by atoms with Crippen LogP contribution in [0.15, 0.2) is 253 Å². The van der Waals surface area contributed by atoms with E-state index in [9.17, 15) is 0 Å². The van der Waals surface area contributed by atoms with Gasteiger partial charge in [0.05, 0.1) is 28.2 Å². The standard InChI is InChI=1S/C36H21N4O.C29H20N.Ir/c1-3-10-23(11-4-1)32-22-33(39-35(38-32)25-13-5-2-6-14-25)31-21-19-27-26-15-9-16-28(34(26)41-36(27)40-31)30-20-18-24-12-7-8-17-29(24)37-30;1-3-7-22(8-4-1)23-11-13-24(14-12-23)25-15-17-26(18-16-25)28-19-20-30-29(21-28)27-9-5-2-6-10-27;/h1-15,17-22H;1-9,11-21H;/q2*-1;. The van der Waals surface area contributed by atoms with Crippen LogP contribution in [0.2, 0.25) is 0 Å². The monoisotopic (exact) mass is 1100 g/mol. The largest absolute Gasteiger partial charge is 0.486 e. The van der Waals surface area contributed by atoms with Crippen molar-refractivity contribution >= 4 is 33.0 Å². The van der Waals surface area contributed by atoms with Crippen molar-refractivity contribution in [3.63, 3.8) is 0 Å². The summed E-state index contributed by atoms with van der Waals surface area (Å²) in [4.78, 5) is 24.1. The van der Waals surface area contributed by atoms with Gasteiger partial charge < -0.3 is 9.40 Å². The van der Waals surface area contributed by atoms with Gasteiger partial charge in [0.2, 0.25) is 5.71 Å². The van der Waals surface area contributed by atoms with E-state index in [1.807, 2.05) is 140 Å². The Bertz CT molecular complexity index is 3900. The molecule has 0 N–H and O–H groups in total. The van der Waals surface area contributed by atoms with Gasteiger partial charge in [0.25, 0.3) is 0 Å². The van der Waals surface area contributed by atoms with Crippen molar-refractivity contribution < 1.29 is 24.5 Å². The number of aromatic nitrogens is 5. The zero-order valence-corrected chi connectivity index (χ0v) is 41.0. The Morgan fingerprint density at radius 2 is 0.944 bits per heavy atom. The summed E-state index contributed by atoms with van der Waals surface area (Å²) in [6, 6.07) is 88.9. The first-order chi connectivity index (χ1) is 35.2. The predicted octanol–water partition coefficient (Wildman–Crippen LogP) is 16.3. The number of hydrogen-bond acceptors (Lipinski definition) is 6. The number of nitrogens with zero attached hydrogens (tertiary/aromatic N) is 5. The molecule has 0 fully saturated rings. The SMILES string of the molecule is [Ir].[c-]1ccc2c(oc3nc(-c4cc(-c5ccccc5)nc(-c5ccccc5)n4)ccc32)c1-c1ccc2ccccc2n1.[c-]1ccccc1-c1cc(-c2ccc(-c3ccc(-c4ccccc4)cc3)cc2)ccn1. The van der Waals surface area contributed by atoms with Crippen molar-refractivity contribution in [2.45, 2.75) is 0 Å². The Labute approximate surface area is 430 Å². The quantitative estimate of drug-likeness (QED) is 0.141. The molecule has 0 aliphatic carbocycles. The first-order valence-corrected chi connectivity index (χ1v) is 23.5. The summed E-state index contributed by atoms with van der Waals surface area (Å²) in [6.07, 6.45) is 1.86. The van der Waals surface area contributed by atoms with E-state index in [0.29, 0.717) is 22.8 Å². The van der Waals surface area contributed by atoms with Gasteiger partial charge in [0, 0.05) is 42.8 Å². The average molecular weight is 1100 g/mol. The maximum absolute atomic E-state index is 6.42. The molecule has 343 valence electrons. The molecule has 0 saturated carbocycles. The van der Waals surface area contributed by atoms with Crippen molar-refractivity contribution in [1.29, 1.82) is 0 Å². The van der Waals surface area contributed by atoms with Gasteiger partial charge in [-0.25, -0.2) is 15.0 Å². The van der Waals surface area contributed by atoms with E-state index >= 15 is 0 Å². The van der Waals surface area contributed by atoms with Crippen molar-refractivity contribution in [2.24, 2.45) is 0 Å². The summed E-state index contributed by atoms with van der Waals surface area (Å²) in [5.74, 6) is 0.646. The Morgan fingerprint density at radius 3 is 1.64 bits per heavy atom. The van der Waals surface area contributed by atoms with E-state index in [-0.39, 0.29) is 20.1 Å². The van der Waals surface area contributed by atoms with Crippen LogP contribution in [0.1, 0.15) is 0 Å². The molecule has 0 amide bonds. The Balaban J connectivity index is 0.000000161. The van der Waals surface area contributed by atoms with E-state index in [4.69, 9.17) is 24.4 Å². The minimum absolute atomic E-state index is 0. The molecule has 6 nitrogen and oxygen atoms in total. The number of benzene rings is 8. The molecule has 0 aliphatic rings. The van der Waals surface area contributed by atoms with E-state index < -0.39 is 0 Å². The van der Waals surface area contributed by atoms with Gasteiger partial charge in [0.15, 0.2) is 5.82 Å². The number of para-hydroxylation sites is 1. The second-order valence-electron chi connectivity index (χ2n) is 17.1. The normalized spacial score (nSPS) is 10.9. The molecule has 0 unspecified atom stereocenters. The zero-order valence-electron chi connectivity index (χ0n) is 38.6. The molecule has 13 rings (SSSR count). The maximum atomic E-state index is 6.42. The molecule has 7 heteroatoms. The van der Waals surface area contributed by atoms with Crippen molar-refractivity contribution in [3.05, 3.63) is 261 Å². The molecule has 0 atom stereocenters. The van der Waals surface area contributed by atoms with Gasteiger partial charge in [-0.05, 0) is 80.5 Å². The molecule has 13 aromatic rings. The summed E-state index contributed by atoms with van der Waals surface area (Å²) < 4.78 is 6.42. The Kier molecular flexibility index (Phi) is 13.0. The first-order valence-electron chi connectivity index (χ1n) is 23.5. The van der Waals surface area contributed by atoms with E-state index in [1.165, 1.54) is 27.8 Å². The molecule has 0 saturated heterocycles. The van der Waals surface area contributed by atoms with Gasteiger partial charge >= 0.3 is 0 Å². The van der Waals surface area contributed by atoms with Gasteiger partial charge in [-0.2, -0.15) is 0 Å². The summed E-state index contributed by atoms with van der Waals surface area (Å²) in [7, 11) is 0. The van der Waals surface area contributed by atoms with Crippen LogP contribution in [0, 0.1) is 12.1 Å². The minimum atomic E-state index is 0. The van der Waals surface area contributed by atoms with E-state index in [0.717, 1.165) is 72.3 Å². The van der Waals surface area contributed by atoms with E-state index in [2.05, 4.69) is 126 Å². The van der Waals surface area contributed by atoms with Crippen molar-refractivity contribution in [2.75, 3.05) is 0 Å². The minimum Gasteiger partial charge on any atom is -0.486 e. The Hall–Kier alpha value is -9.00. The van der Waals surface area contributed by atoms with Crippen LogP contribution in [-0.4, -0.2) is 24.9 Å². The van der Waals surface area contributed by atoms with Crippen LogP contribution in [0.5, 0.6) is 0 Å². The van der Waals surface area contributed by atoms with Crippen LogP contribution in [-0.2, 0) is 20.1 Å². The van der Waals surface area contributed by atoms with Gasteiger partial charge in [-0.15, -0.1) is 54.1 Å². The molecule has 8 aromatic carbocycles. The second kappa shape index (κ2) is 20.5. The van der Waals surface area contributed by atoms with Crippen molar-refractivity contribution in [1.82, 2.24) is 24.9 Å². The number of rotatable bonds is 8. The summed E-state index contributed by atoms with van der Waals surface area (Å²) >= 11 is 0. The smallest absolute Gasteiger partial charge is 0.216 e. The van der Waals surface area contributed by atoms with E-state index in [1.54, 1.807) is 0 Å². The number of hydrogen-bond donors (Lipinski definition) is 0. The third-order valence-corrected chi connectivity index (χ3v) is 12.5. The molecule has 1 radical (unpaired) electrons. The summed E-state index contributed by atoms with van der Waals surface area (Å²) in [5.41, 5.74) is 17.2. The number of fused-ring (bicyclic) bond motifs is 4. The zero-order chi connectivity index (χ0) is 47.3. The molecule has 5 heterocycles. The molecular weight excluding hydrogens is 1060 g/mol. The molecule has 0 bridgehead atoms. The Morgan fingerprint density at radius 1 is 0.347 bits per heavy atom. The van der Waals surface area contributed by atoms with Crippen LogP contribution >= 0.6 is 0 Å². The summed E-state index contributed by atoms with van der Waals surface area (Å²) in [5, 5.41) is 3.00. The van der Waals surface area contributed by atoms with Gasteiger partial charge in [-0.3, -0.25) is 4.98 Å². The van der Waals surface area contributed by atoms with Gasteiger partial charge in [-0.1, -0.05) is 187 Å². The molecule has 72 heavy (non-hydrogen) atoms.